The van der Waals surface area contributed by atoms with Gasteiger partial charge in [0.05, 0.1) is 5.97 Å². The number of carboxylic acids is 1. The zero-order valence-electron chi connectivity index (χ0n) is 12.0. The molecule has 116 valence electrons. The fourth-order valence-electron chi connectivity index (χ4n) is 2.04. The van der Waals surface area contributed by atoms with E-state index in [0.717, 1.165) is 11.1 Å². The lowest BCUT2D eigenvalue weighted by molar-refractivity contribution is -0.255. The van der Waals surface area contributed by atoms with Crippen molar-refractivity contribution in [2.45, 2.75) is 10.9 Å². The molecule has 3 rings (SSSR count). The quantitative estimate of drug-likeness (QED) is 0.561. The number of carbonyl (C=O) groups is 1. The van der Waals surface area contributed by atoms with Gasteiger partial charge in [0.1, 0.15) is 0 Å². The molecule has 1 aromatic heterocycles. The number of nitrogens with zero attached hydrogens (tertiary/aromatic N) is 3. The second-order valence-corrected chi connectivity index (χ2v) is 5.76. The zero-order valence-corrected chi connectivity index (χ0v) is 12.9. The van der Waals surface area contributed by atoms with Gasteiger partial charge in [-0.25, -0.2) is 4.68 Å². The summed E-state index contributed by atoms with van der Waals surface area (Å²) in [4.78, 5) is 10.7. The maximum atomic E-state index is 10.7. The molecule has 0 aliphatic heterocycles. The number of thioether (sulfide) groups is 1. The number of carbonyl (C=O) groups excluding carboxylic acids is 1. The van der Waals surface area contributed by atoms with Gasteiger partial charge < -0.3 is 15.7 Å². The number of aromatic nitrogens is 3. The summed E-state index contributed by atoms with van der Waals surface area (Å²) in [6.07, 6.45) is 0. The van der Waals surface area contributed by atoms with E-state index in [1.807, 2.05) is 30.3 Å². The molecule has 7 heteroatoms. The predicted molar refractivity (Wildman–Crippen MR) is 85.9 cm³/mol. The van der Waals surface area contributed by atoms with E-state index in [-0.39, 0.29) is 5.56 Å². The Kier molecular flexibility index (Phi) is 4.29. The smallest absolute Gasteiger partial charge is 0.210 e. The Hall–Kier alpha value is -2.80. The van der Waals surface area contributed by atoms with E-state index in [1.54, 1.807) is 12.1 Å². The molecule has 0 amide bonds. The van der Waals surface area contributed by atoms with Crippen molar-refractivity contribution in [3.8, 4) is 11.4 Å². The molecule has 3 aromatic rings. The molecule has 6 nitrogen and oxygen atoms in total. The Morgan fingerprint density at radius 1 is 1.09 bits per heavy atom. The third-order valence-corrected chi connectivity index (χ3v) is 4.27. The van der Waals surface area contributed by atoms with Crippen molar-refractivity contribution < 1.29 is 9.90 Å². The lowest BCUT2D eigenvalue weighted by Gasteiger charge is -2.05. The molecule has 1 heterocycles. The van der Waals surface area contributed by atoms with Crippen LogP contribution in [0, 0.1) is 0 Å². The number of hydrogen-bond acceptors (Lipinski definition) is 6. The molecule has 0 fully saturated rings. The van der Waals surface area contributed by atoms with Crippen LogP contribution in [0.2, 0.25) is 0 Å². The van der Waals surface area contributed by atoms with E-state index in [2.05, 4.69) is 10.2 Å². The predicted octanol–water partition coefficient (Wildman–Crippen LogP) is 1.31. The van der Waals surface area contributed by atoms with Crippen molar-refractivity contribution in [3.63, 3.8) is 0 Å². The van der Waals surface area contributed by atoms with Crippen molar-refractivity contribution in [2.75, 3.05) is 5.84 Å². The molecule has 0 radical (unpaired) electrons. The Labute approximate surface area is 136 Å². The fourth-order valence-corrected chi connectivity index (χ4v) is 2.86. The molecular weight excluding hydrogens is 312 g/mol. The summed E-state index contributed by atoms with van der Waals surface area (Å²) in [7, 11) is 0. The number of rotatable bonds is 5. The third kappa shape index (κ3) is 3.35. The average Bonchev–Trinajstić information content (AvgIpc) is 2.95. The summed E-state index contributed by atoms with van der Waals surface area (Å²) in [6, 6.07) is 16.1. The van der Waals surface area contributed by atoms with Crippen molar-refractivity contribution in [3.05, 3.63) is 65.7 Å². The van der Waals surface area contributed by atoms with Crippen LogP contribution in [0.4, 0.5) is 0 Å². The highest BCUT2D eigenvalue weighted by molar-refractivity contribution is 7.98. The van der Waals surface area contributed by atoms with Gasteiger partial charge in [0.2, 0.25) is 5.16 Å². The summed E-state index contributed by atoms with van der Waals surface area (Å²) in [6.45, 7) is 0. The SMILES string of the molecule is Nn1c(SCc2ccc(C(=O)[O-])cc2)nnc1-c1ccccc1. The maximum absolute atomic E-state index is 10.7. The van der Waals surface area contributed by atoms with Gasteiger partial charge in [0.15, 0.2) is 5.82 Å². The molecule has 0 saturated carbocycles. The van der Waals surface area contributed by atoms with Gasteiger partial charge in [0.25, 0.3) is 0 Å². The van der Waals surface area contributed by atoms with E-state index in [9.17, 15) is 9.90 Å². The number of hydrogen-bond donors (Lipinski definition) is 1. The minimum absolute atomic E-state index is 0.159. The lowest BCUT2D eigenvalue weighted by Crippen LogP contribution is -2.21. The molecule has 0 bridgehead atoms. The Morgan fingerprint density at radius 2 is 1.78 bits per heavy atom. The van der Waals surface area contributed by atoms with Crippen LogP contribution in [0.15, 0.2) is 59.8 Å². The zero-order chi connectivity index (χ0) is 16.2. The first kappa shape index (κ1) is 15.1. The summed E-state index contributed by atoms with van der Waals surface area (Å²) in [5.41, 5.74) is 2.02. The Bertz CT molecular complexity index is 816. The fraction of sp³-hybridized carbons (Fsp3) is 0.0625. The monoisotopic (exact) mass is 325 g/mol. The minimum Gasteiger partial charge on any atom is -0.545 e. The number of nitrogens with two attached hydrogens (primary N) is 1. The van der Waals surface area contributed by atoms with Gasteiger partial charge in [-0.2, -0.15) is 0 Å². The third-order valence-electron chi connectivity index (χ3n) is 3.25. The number of nitrogen functional groups attached to an aromatic ring is 1. The van der Waals surface area contributed by atoms with Crippen LogP contribution >= 0.6 is 11.8 Å². The van der Waals surface area contributed by atoms with Gasteiger partial charge in [-0.3, -0.25) is 0 Å². The molecule has 0 unspecified atom stereocenters. The van der Waals surface area contributed by atoms with Crippen molar-refractivity contribution >= 4 is 17.7 Å². The first-order valence-electron chi connectivity index (χ1n) is 6.84. The van der Waals surface area contributed by atoms with Crippen molar-refractivity contribution in [1.29, 1.82) is 0 Å². The summed E-state index contributed by atoms with van der Waals surface area (Å²) < 4.78 is 1.45. The van der Waals surface area contributed by atoms with Crippen LogP contribution in [0.25, 0.3) is 11.4 Å². The highest BCUT2D eigenvalue weighted by atomic mass is 32.2. The summed E-state index contributed by atoms with van der Waals surface area (Å²) >= 11 is 1.43. The summed E-state index contributed by atoms with van der Waals surface area (Å²) in [5, 5.41) is 19.5. The minimum atomic E-state index is -1.18. The largest absolute Gasteiger partial charge is 0.545 e. The van der Waals surface area contributed by atoms with Crippen LogP contribution in [0.1, 0.15) is 15.9 Å². The number of aromatic carboxylic acids is 1. The lowest BCUT2D eigenvalue weighted by atomic mass is 10.1. The first-order chi connectivity index (χ1) is 11.1. The van der Waals surface area contributed by atoms with Gasteiger partial charge in [-0.15, -0.1) is 10.2 Å². The second-order valence-electron chi connectivity index (χ2n) is 4.82. The first-order valence-corrected chi connectivity index (χ1v) is 7.82. The standard InChI is InChI=1S/C16H14N4O2S/c17-20-14(12-4-2-1-3-5-12)18-19-16(20)23-10-11-6-8-13(9-7-11)15(21)22/h1-9H,10,17H2,(H,21,22)/p-1. The van der Waals surface area contributed by atoms with E-state index in [0.29, 0.717) is 16.7 Å². The Balaban J connectivity index is 1.72. The highest BCUT2D eigenvalue weighted by Crippen LogP contribution is 2.24. The highest BCUT2D eigenvalue weighted by Gasteiger charge is 2.11. The van der Waals surface area contributed by atoms with E-state index >= 15 is 0 Å². The Morgan fingerprint density at radius 3 is 2.43 bits per heavy atom. The van der Waals surface area contributed by atoms with Crippen LogP contribution in [-0.2, 0) is 5.75 Å². The summed E-state index contributed by atoms with van der Waals surface area (Å²) in [5.74, 6) is 6.07. The van der Waals surface area contributed by atoms with E-state index < -0.39 is 5.97 Å². The van der Waals surface area contributed by atoms with E-state index in [1.165, 1.54) is 28.6 Å². The van der Waals surface area contributed by atoms with Crippen LogP contribution in [-0.4, -0.2) is 20.8 Å². The van der Waals surface area contributed by atoms with Crippen molar-refractivity contribution in [2.24, 2.45) is 0 Å². The normalized spacial score (nSPS) is 10.6. The van der Waals surface area contributed by atoms with Gasteiger partial charge in [0, 0.05) is 11.3 Å². The molecule has 2 N–H and O–H groups in total. The van der Waals surface area contributed by atoms with Gasteiger partial charge in [-0.1, -0.05) is 66.4 Å². The van der Waals surface area contributed by atoms with Crippen LogP contribution in [0.5, 0.6) is 0 Å². The molecule has 2 aromatic carbocycles. The van der Waals surface area contributed by atoms with Gasteiger partial charge >= 0.3 is 0 Å². The molecule has 0 saturated heterocycles. The molecule has 0 spiro atoms. The molecule has 0 atom stereocenters. The second kappa shape index (κ2) is 6.53. The molecule has 0 aliphatic carbocycles. The maximum Gasteiger partial charge on any atom is 0.210 e. The van der Waals surface area contributed by atoms with Crippen LogP contribution < -0.4 is 10.9 Å². The molecular formula is C16H13N4O2S-. The van der Waals surface area contributed by atoms with E-state index in [4.69, 9.17) is 5.84 Å². The number of benzene rings is 2. The molecule has 0 aliphatic rings. The van der Waals surface area contributed by atoms with Gasteiger partial charge in [-0.05, 0) is 11.1 Å². The molecule has 23 heavy (non-hydrogen) atoms. The topological polar surface area (TPSA) is 96.9 Å². The van der Waals surface area contributed by atoms with Crippen molar-refractivity contribution in [1.82, 2.24) is 14.9 Å². The van der Waals surface area contributed by atoms with Crippen LogP contribution in [0.3, 0.4) is 0 Å². The number of carboxylic acid groups (broad SMARTS) is 1. The average molecular weight is 325 g/mol.